The van der Waals surface area contributed by atoms with Gasteiger partial charge in [-0.1, -0.05) is 71.3 Å². The Kier molecular flexibility index (Phi) is 6.41. The standard InChI is InChI=1S/C20H18N10S3/c1-13(17-21-25-27-29(17)15-9-5-3-6-10-15)31-19-23-24-20(33-19)32-14(2)18-22-26-28-30(18)16-11-7-4-8-12-16/h3-14H,1-2H3. The van der Waals surface area contributed by atoms with Gasteiger partial charge in [-0.3, -0.25) is 0 Å². The lowest BCUT2D eigenvalue weighted by molar-refractivity contribution is 0.762. The lowest BCUT2D eigenvalue weighted by Gasteiger charge is -2.09. The number of tetrazole rings is 2. The predicted octanol–water partition coefficient (Wildman–Crippen LogP) is 4.20. The summed E-state index contributed by atoms with van der Waals surface area (Å²) in [6.45, 7) is 4.11. The Hall–Kier alpha value is -3.16. The van der Waals surface area contributed by atoms with Crippen LogP contribution < -0.4 is 0 Å². The Balaban J connectivity index is 1.28. The molecule has 0 N–H and O–H groups in total. The Morgan fingerprint density at radius 1 is 0.636 bits per heavy atom. The van der Waals surface area contributed by atoms with Crippen LogP contribution in [-0.2, 0) is 0 Å². The first-order chi connectivity index (χ1) is 16.2. The average Bonchev–Trinajstić information content (AvgIpc) is 3.61. The molecule has 0 bridgehead atoms. The first-order valence-electron chi connectivity index (χ1n) is 10.0. The smallest absolute Gasteiger partial charge is 0.175 e. The number of hydrogen-bond donors (Lipinski definition) is 0. The Morgan fingerprint density at radius 3 is 1.48 bits per heavy atom. The molecule has 2 atom stereocenters. The maximum absolute atomic E-state index is 4.36. The molecular weight excluding hydrogens is 476 g/mol. The largest absolute Gasteiger partial charge is 0.196 e. The SMILES string of the molecule is CC(Sc1nnc(SC(C)c2nnnn2-c2ccccc2)s1)c1nnnn1-c1ccccc1. The molecule has 166 valence electrons. The molecule has 0 aliphatic rings. The topological polar surface area (TPSA) is 113 Å². The van der Waals surface area contributed by atoms with E-state index >= 15 is 0 Å². The number of rotatable bonds is 8. The molecule has 13 heteroatoms. The van der Waals surface area contributed by atoms with Crippen LogP contribution in [0.15, 0.2) is 69.3 Å². The van der Waals surface area contributed by atoms with E-state index in [2.05, 4.69) is 55.1 Å². The van der Waals surface area contributed by atoms with Crippen LogP contribution in [0.5, 0.6) is 0 Å². The Bertz CT molecular complexity index is 1220. The number of benzene rings is 2. The fraction of sp³-hybridized carbons (Fsp3) is 0.200. The van der Waals surface area contributed by atoms with Crippen molar-refractivity contribution in [3.63, 3.8) is 0 Å². The van der Waals surface area contributed by atoms with Crippen LogP contribution in [0.1, 0.15) is 36.0 Å². The summed E-state index contributed by atoms with van der Waals surface area (Å²) in [6, 6.07) is 19.7. The van der Waals surface area contributed by atoms with Crippen molar-refractivity contribution in [3.05, 3.63) is 72.3 Å². The highest BCUT2D eigenvalue weighted by molar-refractivity contribution is 8.03. The van der Waals surface area contributed by atoms with Crippen LogP contribution in [0.25, 0.3) is 11.4 Å². The molecule has 5 rings (SSSR count). The molecule has 10 nitrogen and oxygen atoms in total. The van der Waals surface area contributed by atoms with Gasteiger partial charge in [-0.15, -0.1) is 20.4 Å². The molecule has 2 unspecified atom stereocenters. The minimum atomic E-state index is -0.00573. The second-order valence-corrected chi connectivity index (χ2v) is 11.1. The summed E-state index contributed by atoms with van der Waals surface area (Å²) in [5.74, 6) is 1.51. The monoisotopic (exact) mass is 494 g/mol. The third kappa shape index (κ3) is 4.79. The summed E-state index contributed by atoms with van der Waals surface area (Å²) in [7, 11) is 0. The van der Waals surface area contributed by atoms with Crippen molar-refractivity contribution < 1.29 is 0 Å². The molecule has 0 radical (unpaired) electrons. The summed E-state index contributed by atoms with van der Waals surface area (Å²) in [5.41, 5.74) is 1.84. The molecule has 0 fully saturated rings. The van der Waals surface area contributed by atoms with Crippen LogP contribution in [0.2, 0.25) is 0 Å². The van der Waals surface area contributed by atoms with Gasteiger partial charge in [0.05, 0.1) is 21.9 Å². The first kappa shape index (κ1) is 21.7. The predicted molar refractivity (Wildman–Crippen MR) is 127 cm³/mol. The van der Waals surface area contributed by atoms with Crippen molar-refractivity contribution in [3.8, 4) is 11.4 Å². The summed E-state index contributed by atoms with van der Waals surface area (Å²) < 4.78 is 5.20. The molecule has 0 spiro atoms. The minimum Gasteiger partial charge on any atom is -0.196 e. The molecular formula is C20H18N10S3. The van der Waals surface area contributed by atoms with Crippen LogP contribution in [-0.4, -0.2) is 50.6 Å². The van der Waals surface area contributed by atoms with Gasteiger partial charge in [-0.25, -0.2) is 0 Å². The Morgan fingerprint density at radius 2 is 1.06 bits per heavy atom. The van der Waals surface area contributed by atoms with Crippen molar-refractivity contribution in [2.45, 2.75) is 33.0 Å². The van der Waals surface area contributed by atoms with Crippen molar-refractivity contribution >= 4 is 34.9 Å². The molecule has 5 aromatic rings. The van der Waals surface area contributed by atoms with Gasteiger partial charge in [-0.05, 0) is 59.0 Å². The highest BCUT2D eigenvalue weighted by Gasteiger charge is 2.22. The van der Waals surface area contributed by atoms with Gasteiger partial charge in [0.15, 0.2) is 20.3 Å². The highest BCUT2D eigenvalue weighted by Crippen LogP contribution is 2.41. The van der Waals surface area contributed by atoms with Crippen LogP contribution in [0.4, 0.5) is 0 Å². The van der Waals surface area contributed by atoms with E-state index in [4.69, 9.17) is 0 Å². The summed E-state index contributed by atoms with van der Waals surface area (Å²) >= 11 is 4.69. The van der Waals surface area contributed by atoms with Gasteiger partial charge in [-0.2, -0.15) is 9.36 Å². The maximum Gasteiger partial charge on any atom is 0.175 e. The van der Waals surface area contributed by atoms with Gasteiger partial charge in [0, 0.05) is 0 Å². The number of nitrogens with zero attached hydrogens (tertiary/aromatic N) is 10. The van der Waals surface area contributed by atoms with Crippen molar-refractivity contribution in [1.29, 1.82) is 0 Å². The zero-order valence-corrected chi connectivity index (χ0v) is 20.1. The fourth-order valence-electron chi connectivity index (χ4n) is 3.10. The molecule has 3 heterocycles. The highest BCUT2D eigenvalue weighted by atomic mass is 32.2. The average molecular weight is 495 g/mol. The molecule has 0 saturated carbocycles. The molecule has 0 aliphatic heterocycles. The van der Waals surface area contributed by atoms with Gasteiger partial charge in [0.25, 0.3) is 0 Å². The van der Waals surface area contributed by atoms with Crippen LogP contribution in [0.3, 0.4) is 0 Å². The zero-order chi connectivity index (χ0) is 22.6. The quantitative estimate of drug-likeness (QED) is 0.291. The second kappa shape index (κ2) is 9.77. The van der Waals surface area contributed by atoms with Gasteiger partial charge >= 0.3 is 0 Å². The number of thioether (sulfide) groups is 2. The first-order valence-corrected chi connectivity index (χ1v) is 12.6. The van der Waals surface area contributed by atoms with E-state index in [1.165, 1.54) is 11.3 Å². The fourth-order valence-corrected chi connectivity index (χ4v) is 6.58. The van der Waals surface area contributed by atoms with E-state index in [0.29, 0.717) is 0 Å². The lowest BCUT2D eigenvalue weighted by atomic mass is 10.3. The van der Waals surface area contributed by atoms with E-state index in [9.17, 15) is 0 Å². The lowest BCUT2D eigenvalue weighted by Crippen LogP contribution is -2.04. The molecule has 3 aromatic heterocycles. The zero-order valence-electron chi connectivity index (χ0n) is 17.6. The number of para-hydroxylation sites is 2. The second-order valence-electron chi connectivity index (χ2n) is 6.92. The normalized spacial score (nSPS) is 13.2. The van der Waals surface area contributed by atoms with Gasteiger partial charge in [0.2, 0.25) is 0 Å². The van der Waals surface area contributed by atoms with Crippen LogP contribution in [0, 0.1) is 0 Å². The minimum absolute atomic E-state index is 0.00573. The van der Waals surface area contributed by atoms with Crippen molar-refractivity contribution in [2.75, 3.05) is 0 Å². The van der Waals surface area contributed by atoms with E-state index in [-0.39, 0.29) is 10.5 Å². The summed E-state index contributed by atoms with van der Waals surface area (Å²) in [5, 5.41) is 33.1. The van der Waals surface area contributed by atoms with Crippen molar-refractivity contribution in [1.82, 2.24) is 50.6 Å². The molecule has 0 amide bonds. The van der Waals surface area contributed by atoms with E-state index in [0.717, 1.165) is 31.7 Å². The van der Waals surface area contributed by atoms with E-state index < -0.39 is 0 Å². The molecule has 0 saturated heterocycles. The van der Waals surface area contributed by atoms with Crippen LogP contribution >= 0.6 is 34.9 Å². The molecule has 2 aromatic carbocycles. The number of aromatic nitrogens is 10. The third-order valence-corrected chi connectivity index (χ3v) is 7.94. The van der Waals surface area contributed by atoms with Gasteiger partial charge < -0.3 is 0 Å². The maximum atomic E-state index is 4.36. The third-order valence-electron chi connectivity index (χ3n) is 4.66. The number of hydrogen-bond acceptors (Lipinski definition) is 11. The van der Waals surface area contributed by atoms with E-state index in [1.807, 2.05) is 60.7 Å². The van der Waals surface area contributed by atoms with Gasteiger partial charge in [0.1, 0.15) is 0 Å². The Labute approximate surface area is 201 Å². The molecule has 0 aliphatic carbocycles. The summed E-state index contributed by atoms with van der Waals surface area (Å²) in [6.07, 6.45) is 0. The summed E-state index contributed by atoms with van der Waals surface area (Å²) in [4.78, 5) is 0. The molecule has 33 heavy (non-hydrogen) atoms. The van der Waals surface area contributed by atoms with E-state index in [1.54, 1.807) is 32.9 Å². The van der Waals surface area contributed by atoms with Crippen molar-refractivity contribution in [2.24, 2.45) is 0 Å².